The lowest BCUT2D eigenvalue weighted by Crippen LogP contribution is -1.93. The monoisotopic (exact) mass is 400 g/mol. The largest absolute Gasteiger partial charge is 0.456 e. The Hall–Kier alpha value is -3.49. The van der Waals surface area contributed by atoms with Crippen LogP contribution in [0, 0.1) is 0 Å². The predicted octanol–water partition coefficient (Wildman–Crippen LogP) is 8.54. The number of para-hydroxylation sites is 1. The van der Waals surface area contributed by atoms with Gasteiger partial charge in [-0.15, -0.1) is 0 Å². The average Bonchev–Trinajstić information content (AvgIpc) is 3.17. The van der Waals surface area contributed by atoms with Crippen LogP contribution in [-0.2, 0) is 0 Å². The Bertz CT molecular complexity index is 1620. The summed E-state index contributed by atoms with van der Waals surface area (Å²) in [5.74, 6) is 0. The van der Waals surface area contributed by atoms with E-state index in [1.807, 2.05) is 23.9 Å². The zero-order valence-corrected chi connectivity index (χ0v) is 16.9. The Balaban J connectivity index is 1.52. The van der Waals surface area contributed by atoms with Crippen LogP contribution in [0.25, 0.3) is 55.0 Å². The summed E-state index contributed by atoms with van der Waals surface area (Å²) < 4.78 is 6.03. The van der Waals surface area contributed by atoms with Crippen molar-refractivity contribution in [2.75, 3.05) is 0 Å². The number of fused-ring (bicyclic) bond motifs is 5. The first-order valence-corrected chi connectivity index (χ1v) is 10.9. The molecule has 0 aliphatic carbocycles. The van der Waals surface area contributed by atoms with Crippen molar-refractivity contribution in [2.45, 2.75) is 9.79 Å². The molecule has 0 saturated heterocycles. The first-order valence-electron chi connectivity index (χ1n) is 10.1. The second-order valence-electron chi connectivity index (χ2n) is 7.75. The summed E-state index contributed by atoms with van der Waals surface area (Å²) in [5.41, 5.74) is 7.02. The highest BCUT2D eigenvalue weighted by atomic mass is 32.2. The second-order valence-corrected chi connectivity index (χ2v) is 8.83. The molecule has 0 bridgehead atoms. The molecule has 1 aliphatic heterocycles. The van der Waals surface area contributed by atoms with Crippen molar-refractivity contribution < 1.29 is 4.42 Å². The van der Waals surface area contributed by atoms with E-state index in [0.29, 0.717) is 0 Å². The van der Waals surface area contributed by atoms with Gasteiger partial charge in [0.05, 0.1) is 0 Å². The van der Waals surface area contributed by atoms with Crippen LogP contribution in [0.4, 0.5) is 0 Å². The van der Waals surface area contributed by atoms with Crippen molar-refractivity contribution in [1.29, 1.82) is 0 Å². The van der Waals surface area contributed by atoms with Gasteiger partial charge < -0.3 is 4.42 Å². The fourth-order valence-electron chi connectivity index (χ4n) is 4.73. The molecule has 1 aromatic heterocycles. The van der Waals surface area contributed by atoms with Crippen LogP contribution in [0.1, 0.15) is 0 Å². The zero-order chi connectivity index (χ0) is 19.7. The molecule has 0 amide bonds. The summed E-state index contributed by atoms with van der Waals surface area (Å²) in [6.45, 7) is 0. The van der Waals surface area contributed by atoms with Gasteiger partial charge in [-0.3, -0.25) is 0 Å². The highest BCUT2D eigenvalue weighted by Gasteiger charge is 2.20. The van der Waals surface area contributed by atoms with Crippen LogP contribution >= 0.6 is 11.8 Å². The molecular formula is C28H16OS. The van der Waals surface area contributed by atoms with Crippen molar-refractivity contribution in [2.24, 2.45) is 0 Å². The lowest BCUT2D eigenvalue weighted by molar-refractivity contribution is 0.669. The SMILES string of the molecule is c1ccc2c(c1)Sc1ccc(-c3ccc4oc5ccccc5c4c3)c3cccc-2c13. The van der Waals surface area contributed by atoms with Crippen molar-refractivity contribution in [3.05, 3.63) is 97.1 Å². The molecule has 0 unspecified atom stereocenters. The van der Waals surface area contributed by atoms with Crippen LogP contribution in [0.5, 0.6) is 0 Å². The third-order valence-electron chi connectivity index (χ3n) is 6.09. The van der Waals surface area contributed by atoms with E-state index in [2.05, 4.69) is 84.9 Å². The minimum atomic E-state index is 0.937. The van der Waals surface area contributed by atoms with Gasteiger partial charge in [0.2, 0.25) is 0 Å². The molecule has 0 saturated carbocycles. The molecule has 0 N–H and O–H groups in total. The number of hydrogen-bond acceptors (Lipinski definition) is 2. The van der Waals surface area contributed by atoms with Gasteiger partial charge in [-0.25, -0.2) is 0 Å². The van der Waals surface area contributed by atoms with Crippen molar-refractivity contribution in [3.63, 3.8) is 0 Å². The van der Waals surface area contributed by atoms with E-state index in [1.54, 1.807) is 0 Å². The summed E-state index contributed by atoms with van der Waals surface area (Å²) in [6.07, 6.45) is 0. The molecule has 0 radical (unpaired) electrons. The van der Waals surface area contributed by atoms with Gasteiger partial charge >= 0.3 is 0 Å². The molecule has 2 heterocycles. The molecule has 2 heteroatoms. The topological polar surface area (TPSA) is 13.1 Å². The zero-order valence-electron chi connectivity index (χ0n) is 16.1. The maximum absolute atomic E-state index is 6.03. The van der Waals surface area contributed by atoms with Gasteiger partial charge in [0, 0.05) is 25.9 Å². The van der Waals surface area contributed by atoms with Crippen molar-refractivity contribution in [3.8, 4) is 22.3 Å². The summed E-state index contributed by atoms with van der Waals surface area (Å²) in [6, 6.07) is 34.7. The fraction of sp³-hybridized carbons (Fsp3) is 0. The Morgan fingerprint density at radius 3 is 2.30 bits per heavy atom. The Morgan fingerprint density at radius 1 is 0.500 bits per heavy atom. The van der Waals surface area contributed by atoms with Gasteiger partial charge in [-0.2, -0.15) is 0 Å². The molecule has 5 aromatic carbocycles. The summed E-state index contributed by atoms with van der Waals surface area (Å²) >= 11 is 1.87. The highest BCUT2D eigenvalue weighted by molar-refractivity contribution is 7.99. The molecule has 1 nitrogen and oxygen atoms in total. The third-order valence-corrected chi connectivity index (χ3v) is 7.22. The first-order chi connectivity index (χ1) is 14.9. The van der Waals surface area contributed by atoms with Crippen molar-refractivity contribution >= 4 is 44.5 Å². The van der Waals surface area contributed by atoms with E-state index in [9.17, 15) is 0 Å². The van der Waals surface area contributed by atoms with Crippen molar-refractivity contribution in [1.82, 2.24) is 0 Å². The number of benzene rings is 5. The lowest BCUT2D eigenvalue weighted by Gasteiger charge is -2.21. The molecular weight excluding hydrogens is 384 g/mol. The van der Waals surface area contributed by atoms with Gasteiger partial charge in [-0.05, 0) is 58.0 Å². The molecule has 6 aromatic rings. The molecule has 7 rings (SSSR count). The minimum Gasteiger partial charge on any atom is -0.456 e. The summed E-state index contributed by atoms with van der Waals surface area (Å²) in [4.78, 5) is 2.66. The molecule has 1 aliphatic rings. The maximum Gasteiger partial charge on any atom is 0.135 e. The summed E-state index contributed by atoms with van der Waals surface area (Å²) in [5, 5.41) is 5.00. The maximum atomic E-state index is 6.03. The van der Waals surface area contributed by atoms with E-state index >= 15 is 0 Å². The second kappa shape index (κ2) is 6.01. The van der Waals surface area contributed by atoms with Crippen LogP contribution in [0.3, 0.4) is 0 Å². The Labute approximate surface area is 178 Å². The average molecular weight is 401 g/mol. The van der Waals surface area contributed by atoms with Crippen LogP contribution < -0.4 is 0 Å². The molecule has 140 valence electrons. The number of rotatable bonds is 1. The molecule has 0 atom stereocenters. The van der Waals surface area contributed by atoms with E-state index in [0.717, 1.165) is 11.2 Å². The Morgan fingerprint density at radius 2 is 1.30 bits per heavy atom. The molecule has 0 spiro atoms. The fourth-order valence-corrected chi connectivity index (χ4v) is 5.86. The summed E-state index contributed by atoms with van der Waals surface area (Å²) in [7, 11) is 0. The highest BCUT2D eigenvalue weighted by Crippen LogP contribution is 2.49. The van der Waals surface area contributed by atoms with E-state index in [4.69, 9.17) is 4.42 Å². The van der Waals surface area contributed by atoms with Gasteiger partial charge in [0.15, 0.2) is 0 Å². The van der Waals surface area contributed by atoms with Crippen LogP contribution in [-0.4, -0.2) is 0 Å². The van der Waals surface area contributed by atoms with E-state index < -0.39 is 0 Å². The van der Waals surface area contributed by atoms with Crippen LogP contribution in [0.2, 0.25) is 0 Å². The Kier molecular flexibility index (Phi) is 3.27. The number of furan rings is 1. The van der Waals surface area contributed by atoms with E-state index in [-0.39, 0.29) is 0 Å². The quantitative estimate of drug-likeness (QED) is 0.274. The minimum absolute atomic E-state index is 0.937. The van der Waals surface area contributed by atoms with E-state index in [1.165, 1.54) is 53.6 Å². The first kappa shape index (κ1) is 16.3. The normalized spacial score (nSPS) is 12.5. The van der Waals surface area contributed by atoms with Gasteiger partial charge in [0.25, 0.3) is 0 Å². The number of hydrogen-bond donors (Lipinski definition) is 0. The lowest BCUT2D eigenvalue weighted by atomic mass is 9.92. The van der Waals surface area contributed by atoms with Gasteiger partial charge in [-0.1, -0.05) is 78.5 Å². The standard InChI is InChI=1S/C28H16OS/c1-3-10-24-19(6-1)23-16-17(12-14-25(23)29-24)18-13-15-27-28-21(18)8-5-9-22(28)20-7-2-4-11-26(20)30-27/h1-16H. The molecule has 30 heavy (non-hydrogen) atoms. The van der Waals surface area contributed by atoms with Gasteiger partial charge in [0.1, 0.15) is 11.2 Å². The predicted molar refractivity (Wildman–Crippen MR) is 126 cm³/mol. The smallest absolute Gasteiger partial charge is 0.135 e. The third kappa shape index (κ3) is 2.20. The molecule has 0 fully saturated rings. The van der Waals surface area contributed by atoms with Crippen LogP contribution in [0.15, 0.2) is 111 Å².